The highest BCUT2D eigenvalue weighted by Crippen LogP contribution is 2.36. The first-order valence-electron chi connectivity index (χ1n) is 13.2. The van der Waals surface area contributed by atoms with Crippen LogP contribution in [0.15, 0.2) is 35.2 Å². The van der Waals surface area contributed by atoms with Crippen LogP contribution in [-0.4, -0.2) is 90.7 Å². The number of piperazine rings is 1. The summed E-state index contributed by atoms with van der Waals surface area (Å²) in [4.78, 5) is 27.9. The van der Waals surface area contributed by atoms with Gasteiger partial charge >= 0.3 is 5.97 Å². The second-order valence-electron chi connectivity index (χ2n) is 9.70. The zero-order valence-electron chi connectivity index (χ0n) is 23.5. The van der Waals surface area contributed by atoms with Gasteiger partial charge in [-0.05, 0) is 54.3 Å². The van der Waals surface area contributed by atoms with Crippen LogP contribution in [0, 0.1) is 0 Å². The molecule has 1 amide bonds. The quantitative estimate of drug-likeness (QED) is 0.394. The summed E-state index contributed by atoms with van der Waals surface area (Å²) in [5.74, 6) is 1.42. The third kappa shape index (κ3) is 6.28. The monoisotopic (exact) mass is 575 g/mol. The Kier molecular flexibility index (Phi) is 9.41. The SMILES string of the molecule is COC(=O)CCCC(=O)N1CCN(c2cc(S(=O)(=O)N3CCc4cc(OC)c(OC)cc4C3)ccc2OC)CC1. The second-order valence-corrected chi connectivity index (χ2v) is 11.6. The summed E-state index contributed by atoms with van der Waals surface area (Å²) in [6, 6.07) is 8.66. The molecular formula is C28H37N3O8S. The lowest BCUT2D eigenvalue weighted by molar-refractivity contribution is -0.140. The number of hydrogen-bond donors (Lipinski definition) is 0. The summed E-state index contributed by atoms with van der Waals surface area (Å²) in [7, 11) is 2.23. The molecule has 2 aliphatic rings. The van der Waals surface area contributed by atoms with Crippen molar-refractivity contribution in [3.05, 3.63) is 41.5 Å². The maximum atomic E-state index is 13.7. The number of nitrogens with zero attached hydrogens (tertiary/aromatic N) is 3. The Morgan fingerprint density at radius 1 is 0.800 bits per heavy atom. The van der Waals surface area contributed by atoms with Crippen LogP contribution in [0.4, 0.5) is 5.69 Å². The predicted octanol–water partition coefficient (Wildman–Crippen LogP) is 2.45. The molecule has 0 radical (unpaired) electrons. The molecule has 0 saturated carbocycles. The van der Waals surface area contributed by atoms with Crippen LogP contribution in [0.25, 0.3) is 0 Å². The van der Waals surface area contributed by atoms with Crippen molar-refractivity contribution in [3.63, 3.8) is 0 Å². The van der Waals surface area contributed by atoms with Crippen molar-refractivity contribution < 1.29 is 37.0 Å². The van der Waals surface area contributed by atoms with Gasteiger partial charge in [0.1, 0.15) is 5.75 Å². The number of esters is 1. The Bertz CT molecular complexity index is 1340. The molecule has 0 bridgehead atoms. The molecule has 0 unspecified atom stereocenters. The van der Waals surface area contributed by atoms with Gasteiger partial charge in [-0.2, -0.15) is 4.31 Å². The first-order valence-corrected chi connectivity index (χ1v) is 14.7. The maximum Gasteiger partial charge on any atom is 0.305 e. The normalized spacial score (nSPS) is 15.8. The fraction of sp³-hybridized carbons (Fsp3) is 0.500. The number of carbonyl (C=O) groups excluding carboxylic acids is 2. The Labute approximate surface area is 235 Å². The largest absolute Gasteiger partial charge is 0.495 e. The predicted molar refractivity (Wildman–Crippen MR) is 148 cm³/mol. The van der Waals surface area contributed by atoms with Gasteiger partial charge in [0.25, 0.3) is 0 Å². The molecule has 0 N–H and O–H groups in total. The van der Waals surface area contributed by atoms with Crippen LogP contribution in [0.1, 0.15) is 30.4 Å². The molecule has 12 heteroatoms. The van der Waals surface area contributed by atoms with Crippen LogP contribution >= 0.6 is 0 Å². The highest BCUT2D eigenvalue weighted by molar-refractivity contribution is 7.89. The lowest BCUT2D eigenvalue weighted by Gasteiger charge is -2.37. The first-order chi connectivity index (χ1) is 19.2. The van der Waals surface area contributed by atoms with Crippen molar-refractivity contribution in [1.29, 1.82) is 0 Å². The molecule has 2 aromatic carbocycles. The van der Waals surface area contributed by atoms with E-state index in [4.69, 9.17) is 14.2 Å². The molecule has 0 spiro atoms. The maximum absolute atomic E-state index is 13.7. The van der Waals surface area contributed by atoms with Gasteiger partial charge in [-0.1, -0.05) is 0 Å². The molecule has 2 heterocycles. The third-order valence-electron chi connectivity index (χ3n) is 7.44. The van der Waals surface area contributed by atoms with Crippen LogP contribution in [-0.2, 0) is 37.3 Å². The van der Waals surface area contributed by atoms with Gasteiger partial charge in [0.15, 0.2) is 11.5 Å². The number of methoxy groups -OCH3 is 4. The van der Waals surface area contributed by atoms with E-state index in [1.807, 2.05) is 17.0 Å². The second kappa shape index (κ2) is 12.8. The van der Waals surface area contributed by atoms with E-state index in [-0.39, 0.29) is 36.2 Å². The first kappa shape index (κ1) is 29.5. The molecule has 1 saturated heterocycles. The van der Waals surface area contributed by atoms with Gasteiger partial charge < -0.3 is 28.7 Å². The lowest BCUT2D eigenvalue weighted by atomic mass is 10.0. The van der Waals surface area contributed by atoms with Crippen LogP contribution in [0.5, 0.6) is 17.2 Å². The molecule has 2 aromatic rings. The topological polar surface area (TPSA) is 115 Å². The van der Waals surface area contributed by atoms with E-state index >= 15 is 0 Å². The van der Waals surface area contributed by atoms with Crippen LogP contribution in [0.3, 0.4) is 0 Å². The van der Waals surface area contributed by atoms with Crippen molar-refractivity contribution in [2.45, 2.75) is 37.1 Å². The average molecular weight is 576 g/mol. The van der Waals surface area contributed by atoms with E-state index in [1.54, 1.807) is 44.4 Å². The minimum atomic E-state index is -3.79. The molecule has 0 aliphatic carbocycles. The Balaban J connectivity index is 1.47. The number of rotatable bonds is 10. The van der Waals surface area contributed by atoms with Crippen LogP contribution in [0.2, 0.25) is 0 Å². The fourth-order valence-electron chi connectivity index (χ4n) is 5.13. The Morgan fingerprint density at radius 3 is 2.08 bits per heavy atom. The molecule has 218 valence electrons. The van der Waals surface area contributed by atoms with Gasteiger partial charge in [0, 0.05) is 52.1 Å². The fourth-order valence-corrected chi connectivity index (χ4v) is 6.57. The third-order valence-corrected chi connectivity index (χ3v) is 9.28. The zero-order chi connectivity index (χ0) is 28.9. The number of hydrogen-bond acceptors (Lipinski definition) is 9. The molecule has 40 heavy (non-hydrogen) atoms. The van der Waals surface area contributed by atoms with Gasteiger partial charge in [-0.3, -0.25) is 9.59 Å². The number of ether oxygens (including phenoxy) is 4. The minimum absolute atomic E-state index is 0.00789. The smallest absolute Gasteiger partial charge is 0.305 e. The number of sulfonamides is 1. The zero-order valence-corrected chi connectivity index (χ0v) is 24.3. The molecule has 4 rings (SSSR count). The molecular weight excluding hydrogens is 538 g/mol. The molecule has 2 aliphatic heterocycles. The minimum Gasteiger partial charge on any atom is -0.495 e. The van der Waals surface area contributed by atoms with Gasteiger partial charge in [0.2, 0.25) is 15.9 Å². The number of carbonyl (C=O) groups is 2. The van der Waals surface area contributed by atoms with Crippen molar-refractivity contribution in [3.8, 4) is 17.2 Å². The van der Waals surface area contributed by atoms with Crippen molar-refractivity contribution in [2.75, 3.05) is 66.1 Å². The highest BCUT2D eigenvalue weighted by atomic mass is 32.2. The van der Waals surface area contributed by atoms with Crippen LogP contribution < -0.4 is 19.1 Å². The summed E-state index contributed by atoms with van der Waals surface area (Å²) < 4.78 is 50.0. The Hall–Kier alpha value is -3.51. The van der Waals surface area contributed by atoms with E-state index in [9.17, 15) is 18.0 Å². The molecule has 0 aromatic heterocycles. The highest BCUT2D eigenvalue weighted by Gasteiger charge is 2.31. The number of amides is 1. The number of benzene rings is 2. The average Bonchev–Trinajstić information content (AvgIpc) is 2.99. The van der Waals surface area contributed by atoms with E-state index in [1.165, 1.54) is 11.4 Å². The summed E-state index contributed by atoms with van der Waals surface area (Å²) in [5.41, 5.74) is 2.59. The van der Waals surface area contributed by atoms with Gasteiger partial charge in [0.05, 0.1) is 39.0 Å². The van der Waals surface area contributed by atoms with E-state index < -0.39 is 10.0 Å². The molecule has 0 atom stereocenters. The van der Waals surface area contributed by atoms with Crippen molar-refractivity contribution in [2.24, 2.45) is 0 Å². The summed E-state index contributed by atoms with van der Waals surface area (Å²) >= 11 is 0. The van der Waals surface area contributed by atoms with Crippen molar-refractivity contribution in [1.82, 2.24) is 9.21 Å². The van der Waals surface area contributed by atoms with Crippen molar-refractivity contribution >= 4 is 27.6 Å². The summed E-state index contributed by atoms with van der Waals surface area (Å²) in [6.45, 7) is 2.62. The number of fused-ring (bicyclic) bond motifs is 1. The standard InChI is InChI=1S/C28H37N3O8S/c1-36-24-9-8-22(18-23(24)29-12-14-30(15-13-29)27(32)6-5-7-28(33)39-4)40(34,35)31-11-10-20-16-25(37-2)26(38-3)17-21(20)19-31/h8-9,16-18H,5-7,10-15,19H2,1-4H3. The summed E-state index contributed by atoms with van der Waals surface area (Å²) in [5, 5.41) is 0. The van der Waals surface area contributed by atoms with Gasteiger partial charge in [-0.25, -0.2) is 8.42 Å². The van der Waals surface area contributed by atoms with Gasteiger partial charge in [-0.15, -0.1) is 0 Å². The van der Waals surface area contributed by atoms with E-state index in [0.717, 1.165) is 11.1 Å². The van der Waals surface area contributed by atoms with E-state index in [0.29, 0.717) is 68.5 Å². The molecule has 11 nitrogen and oxygen atoms in total. The lowest BCUT2D eigenvalue weighted by Crippen LogP contribution is -2.49. The number of anilines is 1. The molecule has 1 fully saturated rings. The van der Waals surface area contributed by atoms with E-state index in [2.05, 4.69) is 4.74 Å². The Morgan fingerprint density at radius 2 is 1.45 bits per heavy atom. The summed E-state index contributed by atoms with van der Waals surface area (Å²) in [6.07, 6.45) is 1.50.